The minimum absolute atomic E-state index is 0.0539. The van der Waals surface area contributed by atoms with Crippen LogP contribution in [0.15, 0.2) is 41.5 Å². The monoisotopic (exact) mass is 233 g/mol. The highest BCUT2D eigenvalue weighted by Crippen LogP contribution is 2.04. The van der Waals surface area contributed by atoms with E-state index in [2.05, 4.69) is 15.3 Å². The van der Waals surface area contributed by atoms with Crippen LogP contribution in [0, 0.1) is 5.95 Å². The molecule has 2 N–H and O–H groups in total. The molecule has 2 aromatic rings. The molecule has 0 saturated carbocycles. The predicted octanol–water partition coefficient (Wildman–Crippen LogP) is 1.16. The summed E-state index contributed by atoms with van der Waals surface area (Å²) in [4.78, 5) is 29.1. The van der Waals surface area contributed by atoms with Crippen molar-refractivity contribution in [2.45, 2.75) is 0 Å². The molecule has 0 aliphatic rings. The Hall–Kier alpha value is -2.50. The summed E-state index contributed by atoms with van der Waals surface area (Å²) in [6.45, 7) is 0. The number of anilines is 1. The van der Waals surface area contributed by atoms with Crippen molar-refractivity contribution in [1.82, 2.24) is 9.97 Å². The average molecular weight is 233 g/mol. The largest absolute Gasteiger partial charge is 0.367 e. The third kappa shape index (κ3) is 2.54. The van der Waals surface area contributed by atoms with Crippen LogP contribution in [0.1, 0.15) is 10.4 Å². The molecule has 0 spiro atoms. The number of rotatable bonds is 2. The molecule has 0 aromatic carbocycles. The molecule has 5 nitrogen and oxygen atoms in total. The number of amides is 1. The zero-order chi connectivity index (χ0) is 12.3. The molecule has 1 amide bonds. The number of hydrogen-bond acceptors (Lipinski definition) is 3. The lowest BCUT2D eigenvalue weighted by Gasteiger charge is -2.03. The van der Waals surface area contributed by atoms with Gasteiger partial charge >= 0.3 is 0 Å². The first-order valence-corrected chi connectivity index (χ1v) is 4.78. The van der Waals surface area contributed by atoms with E-state index in [1.165, 1.54) is 30.6 Å². The fourth-order valence-corrected chi connectivity index (χ4v) is 1.26. The maximum absolute atomic E-state index is 12.8. The Bertz CT molecular complexity index is 609. The number of nitrogens with zero attached hydrogens (tertiary/aromatic N) is 1. The van der Waals surface area contributed by atoms with Crippen molar-refractivity contribution in [1.29, 1.82) is 0 Å². The quantitative estimate of drug-likeness (QED) is 0.764. The van der Waals surface area contributed by atoms with Crippen LogP contribution >= 0.6 is 0 Å². The van der Waals surface area contributed by atoms with Gasteiger partial charge in [0.25, 0.3) is 5.91 Å². The molecule has 0 saturated heterocycles. The Morgan fingerprint density at radius 2 is 2.18 bits per heavy atom. The molecule has 0 unspecified atom stereocenters. The second kappa shape index (κ2) is 4.56. The minimum Gasteiger partial charge on any atom is -0.367 e. The molecule has 86 valence electrons. The van der Waals surface area contributed by atoms with Gasteiger partial charge in [0.05, 0.1) is 0 Å². The van der Waals surface area contributed by atoms with Gasteiger partial charge < -0.3 is 10.3 Å². The molecule has 0 fully saturated rings. The highest BCUT2D eigenvalue weighted by molar-refractivity contribution is 6.03. The summed E-state index contributed by atoms with van der Waals surface area (Å²) >= 11 is 0. The molecular formula is C11H8FN3O2. The van der Waals surface area contributed by atoms with E-state index in [1.54, 1.807) is 0 Å². The minimum atomic E-state index is -0.704. The lowest BCUT2D eigenvalue weighted by atomic mass is 10.2. The number of H-pyrrole nitrogens is 1. The number of aromatic nitrogens is 2. The molecule has 0 bridgehead atoms. The maximum Gasteiger partial charge on any atom is 0.262 e. The molecule has 2 aromatic heterocycles. The Labute approximate surface area is 95.3 Å². The van der Waals surface area contributed by atoms with Crippen molar-refractivity contribution in [2.24, 2.45) is 0 Å². The van der Waals surface area contributed by atoms with E-state index in [-0.39, 0.29) is 11.4 Å². The lowest BCUT2D eigenvalue weighted by Crippen LogP contribution is -2.21. The van der Waals surface area contributed by atoms with Crippen LogP contribution < -0.4 is 10.7 Å². The molecule has 17 heavy (non-hydrogen) atoms. The van der Waals surface area contributed by atoms with Gasteiger partial charge in [-0.3, -0.25) is 9.59 Å². The summed E-state index contributed by atoms with van der Waals surface area (Å²) in [6.07, 6.45) is 2.69. The summed E-state index contributed by atoms with van der Waals surface area (Å²) in [7, 11) is 0. The zero-order valence-corrected chi connectivity index (χ0v) is 8.61. The van der Waals surface area contributed by atoms with Crippen LogP contribution in [0.3, 0.4) is 0 Å². The summed E-state index contributed by atoms with van der Waals surface area (Å²) in [6, 6.07) is 5.23. The Kier molecular flexibility index (Phi) is 2.95. The normalized spacial score (nSPS) is 9.94. The SMILES string of the molecule is O=C(Nc1cccc(F)n1)c1c[nH]ccc1=O. The van der Waals surface area contributed by atoms with Crippen LogP contribution in [-0.4, -0.2) is 15.9 Å². The summed E-state index contributed by atoms with van der Waals surface area (Å²) in [5.41, 5.74) is -0.476. The van der Waals surface area contributed by atoms with Gasteiger partial charge in [-0.15, -0.1) is 0 Å². The molecule has 2 heterocycles. The summed E-state index contributed by atoms with van der Waals surface area (Å²) < 4.78 is 12.8. The number of hydrogen-bond donors (Lipinski definition) is 2. The fourth-order valence-electron chi connectivity index (χ4n) is 1.26. The van der Waals surface area contributed by atoms with E-state index in [1.807, 2.05) is 0 Å². The lowest BCUT2D eigenvalue weighted by molar-refractivity contribution is 0.102. The maximum atomic E-state index is 12.8. The Morgan fingerprint density at radius 3 is 2.88 bits per heavy atom. The van der Waals surface area contributed by atoms with Crippen molar-refractivity contribution in [3.05, 3.63) is 58.4 Å². The van der Waals surface area contributed by atoms with Crippen molar-refractivity contribution in [3.8, 4) is 0 Å². The van der Waals surface area contributed by atoms with Crippen LogP contribution in [0.4, 0.5) is 10.2 Å². The van der Waals surface area contributed by atoms with Gasteiger partial charge in [-0.1, -0.05) is 6.07 Å². The predicted molar refractivity (Wildman–Crippen MR) is 59.2 cm³/mol. The highest BCUT2D eigenvalue weighted by atomic mass is 19.1. The molecule has 0 radical (unpaired) electrons. The first-order chi connectivity index (χ1) is 8.16. The van der Waals surface area contributed by atoms with E-state index >= 15 is 0 Å². The smallest absolute Gasteiger partial charge is 0.262 e. The van der Waals surface area contributed by atoms with Crippen molar-refractivity contribution < 1.29 is 9.18 Å². The summed E-state index contributed by atoms with van der Waals surface area (Å²) in [5, 5.41) is 2.33. The average Bonchev–Trinajstić information content (AvgIpc) is 2.29. The molecule has 6 heteroatoms. The number of carbonyl (C=O) groups excluding carboxylic acids is 1. The van der Waals surface area contributed by atoms with Gasteiger partial charge in [0, 0.05) is 18.5 Å². The Morgan fingerprint density at radius 1 is 1.35 bits per heavy atom. The van der Waals surface area contributed by atoms with Gasteiger partial charge in [0.1, 0.15) is 11.4 Å². The van der Waals surface area contributed by atoms with Crippen LogP contribution in [-0.2, 0) is 0 Å². The van der Waals surface area contributed by atoms with Gasteiger partial charge in [-0.25, -0.2) is 4.98 Å². The van der Waals surface area contributed by atoms with Gasteiger partial charge in [-0.05, 0) is 12.1 Å². The van der Waals surface area contributed by atoms with Crippen molar-refractivity contribution in [2.75, 3.05) is 5.32 Å². The molecule has 2 rings (SSSR count). The zero-order valence-electron chi connectivity index (χ0n) is 8.61. The highest BCUT2D eigenvalue weighted by Gasteiger charge is 2.10. The number of halogens is 1. The third-order valence-corrected chi connectivity index (χ3v) is 2.03. The second-order valence-electron chi connectivity index (χ2n) is 3.22. The first kappa shape index (κ1) is 11.0. The standard InChI is InChI=1S/C11H8FN3O2/c12-9-2-1-3-10(14-9)15-11(17)7-6-13-5-4-8(7)16/h1-6H,(H,13,16)(H,14,15,17). The van der Waals surface area contributed by atoms with E-state index in [4.69, 9.17) is 0 Å². The number of pyridine rings is 2. The van der Waals surface area contributed by atoms with Gasteiger partial charge in [0.15, 0.2) is 5.43 Å². The van der Waals surface area contributed by atoms with E-state index in [0.29, 0.717) is 0 Å². The topological polar surface area (TPSA) is 74.8 Å². The van der Waals surface area contributed by atoms with Crippen molar-refractivity contribution >= 4 is 11.7 Å². The van der Waals surface area contributed by atoms with Crippen LogP contribution in [0.5, 0.6) is 0 Å². The van der Waals surface area contributed by atoms with Crippen LogP contribution in [0.25, 0.3) is 0 Å². The molecular weight excluding hydrogens is 225 g/mol. The van der Waals surface area contributed by atoms with Gasteiger partial charge in [0.2, 0.25) is 5.95 Å². The number of aromatic amines is 1. The van der Waals surface area contributed by atoms with Crippen LogP contribution in [0.2, 0.25) is 0 Å². The molecule has 0 atom stereocenters. The molecule has 0 aliphatic carbocycles. The second-order valence-corrected chi connectivity index (χ2v) is 3.22. The van der Waals surface area contributed by atoms with E-state index < -0.39 is 17.3 Å². The first-order valence-electron chi connectivity index (χ1n) is 4.78. The Balaban J connectivity index is 2.23. The van der Waals surface area contributed by atoms with E-state index in [9.17, 15) is 14.0 Å². The van der Waals surface area contributed by atoms with E-state index in [0.717, 1.165) is 6.07 Å². The van der Waals surface area contributed by atoms with Crippen molar-refractivity contribution in [3.63, 3.8) is 0 Å². The van der Waals surface area contributed by atoms with Gasteiger partial charge in [-0.2, -0.15) is 4.39 Å². The third-order valence-electron chi connectivity index (χ3n) is 2.03. The summed E-state index contributed by atoms with van der Waals surface area (Å²) in [5.74, 6) is -1.28. The molecule has 0 aliphatic heterocycles. The number of carbonyl (C=O) groups is 1. The number of nitrogens with one attached hydrogen (secondary N) is 2. The fraction of sp³-hybridized carbons (Fsp3) is 0.